The highest BCUT2D eigenvalue weighted by molar-refractivity contribution is 7.19. The van der Waals surface area contributed by atoms with Crippen molar-refractivity contribution in [2.24, 2.45) is 0 Å². The van der Waals surface area contributed by atoms with Crippen LogP contribution in [-0.4, -0.2) is 21.3 Å². The Labute approximate surface area is 98.6 Å². The molecular weight excluding hydrogens is 224 g/mol. The lowest BCUT2D eigenvalue weighted by Crippen LogP contribution is -1.94. The second kappa shape index (κ2) is 4.22. The zero-order valence-electron chi connectivity index (χ0n) is 9.49. The molecule has 0 atom stereocenters. The highest BCUT2D eigenvalue weighted by Crippen LogP contribution is 2.45. The van der Waals surface area contributed by atoms with E-state index >= 15 is 0 Å². The molecule has 0 aliphatic heterocycles. The number of thiophene rings is 1. The molecule has 0 saturated carbocycles. The maximum atomic E-state index is 5.38. The Morgan fingerprint density at radius 2 is 1.69 bits per heavy atom. The lowest BCUT2D eigenvalue weighted by molar-refractivity contribution is 0.327. The van der Waals surface area contributed by atoms with Crippen LogP contribution in [0.3, 0.4) is 0 Å². The van der Waals surface area contributed by atoms with Crippen molar-refractivity contribution in [2.45, 2.75) is 0 Å². The summed E-state index contributed by atoms with van der Waals surface area (Å²) in [6, 6.07) is 3.93. The van der Waals surface area contributed by atoms with Gasteiger partial charge in [0.05, 0.1) is 21.3 Å². The molecule has 0 aliphatic carbocycles. The Morgan fingerprint density at radius 3 is 2.25 bits per heavy atom. The van der Waals surface area contributed by atoms with E-state index < -0.39 is 0 Å². The number of hydrogen-bond donors (Lipinski definition) is 0. The van der Waals surface area contributed by atoms with Gasteiger partial charge in [0.25, 0.3) is 0 Å². The van der Waals surface area contributed by atoms with E-state index in [9.17, 15) is 0 Å². The third kappa shape index (κ3) is 1.59. The van der Waals surface area contributed by atoms with Crippen LogP contribution in [0.2, 0.25) is 0 Å². The topological polar surface area (TPSA) is 27.7 Å². The maximum absolute atomic E-state index is 5.38. The molecule has 0 saturated heterocycles. The summed E-state index contributed by atoms with van der Waals surface area (Å²) in [4.78, 5) is 0.989. The third-order valence-corrected chi connectivity index (χ3v) is 3.31. The van der Waals surface area contributed by atoms with Crippen molar-refractivity contribution in [2.75, 3.05) is 21.3 Å². The highest BCUT2D eigenvalue weighted by atomic mass is 32.1. The fourth-order valence-corrected chi connectivity index (χ4v) is 2.60. The van der Waals surface area contributed by atoms with Gasteiger partial charge in [-0.1, -0.05) is 0 Å². The molecule has 0 aliphatic rings. The van der Waals surface area contributed by atoms with E-state index in [2.05, 4.69) is 6.92 Å². The molecule has 1 heterocycles. The Balaban J connectivity index is 2.81. The summed E-state index contributed by atoms with van der Waals surface area (Å²) in [6.45, 7) is 3.93. The van der Waals surface area contributed by atoms with Gasteiger partial charge in [-0.25, -0.2) is 0 Å². The van der Waals surface area contributed by atoms with Crippen molar-refractivity contribution < 1.29 is 14.2 Å². The average molecular weight is 237 g/mol. The fourth-order valence-electron chi connectivity index (χ4n) is 1.71. The van der Waals surface area contributed by atoms with E-state index in [0.29, 0.717) is 17.2 Å². The smallest absolute Gasteiger partial charge is 0.204 e. The van der Waals surface area contributed by atoms with E-state index in [0.717, 1.165) is 15.0 Å². The summed E-state index contributed by atoms with van der Waals surface area (Å²) in [5, 5.41) is 1.01. The number of ether oxygens (including phenoxy) is 3. The third-order valence-electron chi connectivity index (χ3n) is 2.38. The van der Waals surface area contributed by atoms with E-state index in [1.807, 2.05) is 12.1 Å². The minimum Gasteiger partial charge on any atom is -0.493 e. The van der Waals surface area contributed by atoms with Crippen molar-refractivity contribution in [3.8, 4) is 17.2 Å². The van der Waals surface area contributed by atoms with Crippen molar-refractivity contribution in [1.29, 1.82) is 0 Å². The van der Waals surface area contributed by atoms with Crippen LogP contribution in [-0.2, 0) is 0 Å². The summed E-state index contributed by atoms with van der Waals surface area (Å²) in [5.41, 5.74) is 0. The first-order valence-corrected chi connectivity index (χ1v) is 5.57. The molecular formula is C12H13O3S. The molecule has 1 radical (unpaired) electrons. The number of rotatable bonds is 3. The largest absolute Gasteiger partial charge is 0.493 e. The van der Waals surface area contributed by atoms with Crippen molar-refractivity contribution in [3.05, 3.63) is 23.9 Å². The molecule has 85 valence electrons. The molecule has 0 bridgehead atoms. The summed E-state index contributed by atoms with van der Waals surface area (Å²) in [6.07, 6.45) is 0. The average Bonchev–Trinajstić information content (AvgIpc) is 2.66. The van der Waals surface area contributed by atoms with Gasteiger partial charge in [-0.3, -0.25) is 0 Å². The molecule has 0 unspecified atom stereocenters. The molecule has 2 aromatic rings. The SMILES string of the molecule is [CH2]c1cc2c(OC)c(OC)c(OC)cc2s1. The molecule has 1 aromatic heterocycles. The van der Waals surface area contributed by atoms with Crippen LogP contribution in [0.4, 0.5) is 0 Å². The predicted octanol–water partition coefficient (Wildman–Crippen LogP) is 3.11. The van der Waals surface area contributed by atoms with Gasteiger partial charge in [0, 0.05) is 21.0 Å². The zero-order valence-corrected chi connectivity index (χ0v) is 10.3. The Kier molecular flexibility index (Phi) is 2.92. The first-order chi connectivity index (χ1) is 7.71. The second-order valence-corrected chi connectivity index (χ2v) is 4.44. The second-order valence-electron chi connectivity index (χ2n) is 3.27. The van der Waals surface area contributed by atoms with Gasteiger partial charge in [0.1, 0.15) is 0 Å². The lowest BCUT2D eigenvalue weighted by Gasteiger charge is -2.12. The van der Waals surface area contributed by atoms with E-state index in [1.54, 1.807) is 32.7 Å². The number of methoxy groups -OCH3 is 3. The van der Waals surface area contributed by atoms with Gasteiger partial charge in [-0.05, 0) is 13.0 Å². The predicted molar refractivity (Wildman–Crippen MR) is 65.9 cm³/mol. The summed E-state index contributed by atoms with van der Waals surface area (Å²) >= 11 is 1.60. The van der Waals surface area contributed by atoms with E-state index in [4.69, 9.17) is 14.2 Å². The Bertz CT molecular complexity index is 516. The lowest BCUT2D eigenvalue weighted by atomic mass is 10.2. The minimum absolute atomic E-state index is 0.621. The molecule has 2 rings (SSSR count). The first kappa shape index (κ1) is 11.1. The van der Waals surface area contributed by atoms with Crippen molar-refractivity contribution in [1.82, 2.24) is 0 Å². The number of fused-ring (bicyclic) bond motifs is 1. The van der Waals surface area contributed by atoms with Crippen molar-refractivity contribution >= 4 is 21.4 Å². The number of benzene rings is 1. The molecule has 3 nitrogen and oxygen atoms in total. The normalized spacial score (nSPS) is 10.5. The molecule has 1 aromatic carbocycles. The molecule has 0 N–H and O–H groups in total. The molecule has 0 spiro atoms. The van der Waals surface area contributed by atoms with Crippen LogP contribution in [0.15, 0.2) is 12.1 Å². The van der Waals surface area contributed by atoms with Gasteiger partial charge in [0.15, 0.2) is 11.5 Å². The van der Waals surface area contributed by atoms with E-state index in [1.165, 1.54) is 0 Å². The van der Waals surface area contributed by atoms with Crippen LogP contribution in [0.25, 0.3) is 10.1 Å². The quantitative estimate of drug-likeness (QED) is 0.821. The summed E-state index contributed by atoms with van der Waals surface area (Å²) < 4.78 is 17.0. The monoisotopic (exact) mass is 237 g/mol. The highest BCUT2D eigenvalue weighted by Gasteiger charge is 2.17. The Hall–Kier alpha value is -1.42. The summed E-state index contributed by atoms with van der Waals surface area (Å²) in [5.74, 6) is 1.99. The van der Waals surface area contributed by atoms with Crippen LogP contribution >= 0.6 is 11.3 Å². The zero-order chi connectivity index (χ0) is 11.7. The van der Waals surface area contributed by atoms with Crippen LogP contribution in [0, 0.1) is 6.92 Å². The van der Waals surface area contributed by atoms with Gasteiger partial charge in [-0.2, -0.15) is 0 Å². The van der Waals surface area contributed by atoms with Crippen LogP contribution in [0.5, 0.6) is 17.2 Å². The van der Waals surface area contributed by atoms with Crippen LogP contribution < -0.4 is 14.2 Å². The molecule has 0 amide bonds. The Morgan fingerprint density at radius 1 is 1.00 bits per heavy atom. The summed E-state index contributed by atoms with van der Waals surface area (Å²) in [7, 11) is 4.84. The standard InChI is InChI=1S/C12H13O3S/c1-7-5-8-10(16-7)6-9(13-2)12(15-4)11(8)14-3/h5-6H,1H2,2-4H3. The maximum Gasteiger partial charge on any atom is 0.204 e. The number of hydrogen-bond acceptors (Lipinski definition) is 4. The van der Waals surface area contributed by atoms with Gasteiger partial charge >= 0.3 is 0 Å². The van der Waals surface area contributed by atoms with Crippen LogP contribution in [0.1, 0.15) is 4.88 Å². The molecule has 16 heavy (non-hydrogen) atoms. The first-order valence-electron chi connectivity index (χ1n) is 4.75. The van der Waals surface area contributed by atoms with Gasteiger partial charge < -0.3 is 14.2 Å². The minimum atomic E-state index is 0.621. The van der Waals surface area contributed by atoms with Crippen molar-refractivity contribution in [3.63, 3.8) is 0 Å². The van der Waals surface area contributed by atoms with E-state index in [-0.39, 0.29) is 0 Å². The molecule has 0 fully saturated rings. The van der Waals surface area contributed by atoms with Gasteiger partial charge in [0.2, 0.25) is 5.75 Å². The van der Waals surface area contributed by atoms with Gasteiger partial charge in [-0.15, -0.1) is 11.3 Å². The molecule has 4 heteroatoms. The fraction of sp³-hybridized carbons (Fsp3) is 0.250.